The summed E-state index contributed by atoms with van der Waals surface area (Å²) in [5, 5.41) is 11.6. The van der Waals surface area contributed by atoms with Crippen molar-refractivity contribution in [2.75, 3.05) is 0 Å². The minimum absolute atomic E-state index is 0.120. The molecular weight excluding hydrogens is 204 g/mol. The molecule has 16 heavy (non-hydrogen) atoms. The van der Waals surface area contributed by atoms with Gasteiger partial charge in [-0.05, 0) is 18.6 Å². The first-order chi connectivity index (χ1) is 7.81. The van der Waals surface area contributed by atoms with Gasteiger partial charge in [-0.15, -0.1) is 0 Å². The van der Waals surface area contributed by atoms with Crippen molar-refractivity contribution < 1.29 is 0 Å². The molecule has 0 radical (unpaired) electrons. The molecule has 0 amide bonds. The quantitative estimate of drug-likeness (QED) is 0.799. The fourth-order valence-corrected chi connectivity index (χ4v) is 1.55. The molecule has 2 heterocycles. The predicted octanol–water partition coefficient (Wildman–Crippen LogP) is 0.330. The molecule has 6 nitrogen and oxygen atoms in total. The molecule has 2 aromatic heterocycles. The minimum Gasteiger partial charge on any atom is -0.324 e. The molecule has 0 aromatic carbocycles. The highest BCUT2D eigenvalue weighted by Crippen LogP contribution is 2.12. The van der Waals surface area contributed by atoms with Crippen molar-refractivity contribution >= 4 is 0 Å². The molecule has 6 heteroatoms. The third-order valence-corrected chi connectivity index (χ3v) is 2.43. The summed E-state index contributed by atoms with van der Waals surface area (Å²) in [5.41, 5.74) is 7.02. The second-order valence-electron chi connectivity index (χ2n) is 3.48. The number of aromatic nitrogens is 5. The van der Waals surface area contributed by atoms with Gasteiger partial charge < -0.3 is 5.73 Å². The molecule has 0 saturated carbocycles. The van der Waals surface area contributed by atoms with E-state index in [1.54, 1.807) is 18.7 Å². The van der Waals surface area contributed by atoms with Crippen LogP contribution in [0.5, 0.6) is 0 Å². The van der Waals surface area contributed by atoms with Crippen LogP contribution in [-0.2, 0) is 13.0 Å². The maximum absolute atomic E-state index is 6.06. The zero-order valence-corrected chi connectivity index (χ0v) is 9.11. The van der Waals surface area contributed by atoms with Crippen molar-refractivity contribution in [1.29, 1.82) is 0 Å². The zero-order chi connectivity index (χ0) is 11.4. The lowest BCUT2D eigenvalue weighted by Crippen LogP contribution is -2.17. The monoisotopic (exact) mass is 218 g/mol. The summed E-state index contributed by atoms with van der Waals surface area (Å²) in [6.07, 6.45) is 5.52. The van der Waals surface area contributed by atoms with Gasteiger partial charge in [0, 0.05) is 25.2 Å². The Hall–Kier alpha value is -1.82. The normalized spacial score (nSPS) is 12.6. The van der Waals surface area contributed by atoms with Gasteiger partial charge in [-0.25, -0.2) is 4.98 Å². The first-order valence-corrected chi connectivity index (χ1v) is 5.20. The summed E-state index contributed by atoms with van der Waals surface area (Å²) in [6, 6.07) is 1.75. The Balaban J connectivity index is 2.11. The Kier molecular flexibility index (Phi) is 3.21. The number of hydrogen-bond donors (Lipinski definition) is 1. The molecule has 2 rings (SSSR count). The topological polar surface area (TPSA) is 82.5 Å². The van der Waals surface area contributed by atoms with Gasteiger partial charge >= 0.3 is 0 Å². The Morgan fingerprint density at radius 2 is 2.31 bits per heavy atom. The van der Waals surface area contributed by atoms with E-state index >= 15 is 0 Å². The summed E-state index contributed by atoms with van der Waals surface area (Å²) in [4.78, 5) is 4.19. The molecule has 2 aromatic rings. The minimum atomic E-state index is -0.120. The predicted molar refractivity (Wildman–Crippen MR) is 58.4 cm³/mol. The van der Waals surface area contributed by atoms with Crippen LogP contribution in [0.3, 0.4) is 0 Å². The van der Waals surface area contributed by atoms with Crippen molar-refractivity contribution in [3.8, 4) is 0 Å². The average molecular weight is 218 g/mol. The van der Waals surface area contributed by atoms with E-state index in [-0.39, 0.29) is 6.04 Å². The molecule has 0 spiro atoms. The zero-order valence-electron chi connectivity index (χ0n) is 9.11. The van der Waals surface area contributed by atoms with Crippen LogP contribution < -0.4 is 5.73 Å². The van der Waals surface area contributed by atoms with Gasteiger partial charge in [0.05, 0.1) is 6.20 Å². The van der Waals surface area contributed by atoms with Gasteiger partial charge in [0.25, 0.3) is 0 Å². The Labute approximate surface area is 93.5 Å². The van der Waals surface area contributed by atoms with Gasteiger partial charge in [-0.2, -0.15) is 15.3 Å². The Bertz CT molecular complexity index is 438. The molecule has 0 aliphatic carbocycles. The van der Waals surface area contributed by atoms with E-state index in [2.05, 4.69) is 20.3 Å². The summed E-state index contributed by atoms with van der Waals surface area (Å²) in [5.74, 6) is 0.895. The number of nitrogens with zero attached hydrogens (tertiary/aromatic N) is 5. The molecule has 84 valence electrons. The van der Waals surface area contributed by atoms with Crippen LogP contribution in [-0.4, -0.2) is 25.0 Å². The number of aryl methyl sites for hydroxylation is 1. The molecule has 1 atom stereocenters. The fraction of sp³-hybridized carbons (Fsp3) is 0.400. The second-order valence-corrected chi connectivity index (χ2v) is 3.48. The van der Waals surface area contributed by atoms with Gasteiger partial charge in [-0.1, -0.05) is 0 Å². The summed E-state index contributed by atoms with van der Waals surface area (Å²) in [6.45, 7) is 2.83. The molecule has 0 saturated heterocycles. The molecule has 0 aliphatic rings. The van der Waals surface area contributed by atoms with Crippen molar-refractivity contribution in [3.05, 3.63) is 36.2 Å². The summed E-state index contributed by atoms with van der Waals surface area (Å²) < 4.78 is 1.84. The van der Waals surface area contributed by atoms with Gasteiger partial charge in [0.2, 0.25) is 0 Å². The average Bonchev–Trinajstić information content (AvgIpc) is 2.77. The van der Waals surface area contributed by atoms with Crippen LogP contribution in [0.1, 0.15) is 24.4 Å². The fourth-order valence-electron chi connectivity index (χ4n) is 1.55. The molecule has 1 unspecified atom stereocenters. The van der Waals surface area contributed by atoms with E-state index in [0.29, 0.717) is 6.42 Å². The Morgan fingerprint density at radius 3 is 3.00 bits per heavy atom. The first-order valence-electron chi connectivity index (χ1n) is 5.20. The Morgan fingerprint density at radius 1 is 1.44 bits per heavy atom. The van der Waals surface area contributed by atoms with Gasteiger partial charge in [-0.3, -0.25) is 4.68 Å². The number of rotatable bonds is 4. The largest absolute Gasteiger partial charge is 0.324 e. The molecule has 2 N–H and O–H groups in total. The second kappa shape index (κ2) is 4.80. The lowest BCUT2D eigenvalue weighted by molar-refractivity contribution is 0.580. The van der Waals surface area contributed by atoms with Gasteiger partial charge in [0.1, 0.15) is 12.2 Å². The maximum atomic E-state index is 6.06. The van der Waals surface area contributed by atoms with Crippen LogP contribution in [0.15, 0.2) is 24.8 Å². The summed E-state index contributed by atoms with van der Waals surface area (Å²) >= 11 is 0. The summed E-state index contributed by atoms with van der Waals surface area (Å²) in [7, 11) is 0. The third kappa shape index (κ3) is 2.22. The van der Waals surface area contributed by atoms with E-state index in [1.165, 1.54) is 0 Å². The third-order valence-electron chi connectivity index (χ3n) is 2.43. The van der Waals surface area contributed by atoms with E-state index in [0.717, 1.165) is 17.9 Å². The standard InChI is InChI=1S/C10H14N6/c1-2-16-10(12-7-15-16)5-9(11)8-3-4-13-14-6-8/h3-4,6-7,9H,2,5,11H2,1H3. The highest BCUT2D eigenvalue weighted by atomic mass is 15.3. The number of nitrogens with two attached hydrogens (primary N) is 1. The lowest BCUT2D eigenvalue weighted by atomic mass is 10.1. The van der Waals surface area contributed by atoms with E-state index in [1.807, 2.05) is 17.7 Å². The van der Waals surface area contributed by atoms with Crippen LogP contribution in [0.4, 0.5) is 0 Å². The van der Waals surface area contributed by atoms with Crippen molar-refractivity contribution in [2.45, 2.75) is 25.9 Å². The smallest absolute Gasteiger partial charge is 0.138 e. The molecule has 0 fully saturated rings. The highest BCUT2D eigenvalue weighted by Gasteiger charge is 2.11. The SMILES string of the molecule is CCn1ncnc1CC(N)c1ccnnc1. The molecule has 0 aliphatic heterocycles. The van der Waals surface area contributed by atoms with Crippen molar-refractivity contribution in [1.82, 2.24) is 25.0 Å². The van der Waals surface area contributed by atoms with Crippen LogP contribution >= 0.6 is 0 Å². The van der Waals surface area contributed by atoms with Crippen molar-refractivity contribution in [3.63, 3.8) is 0 Å². The first kappa shape index (κ1) is 10.7. The highest BCUT2D eigenvalue weighted by molar-refractivity contribution is 5.12. The molecular formula is C10H14N6. The lowest BCUT2D eigenvalue weighted by Gasteiger charge is -2.10. The van der Waals surface area contributed by atoms with Gasteiger partial charge in [0.15, 0.2) is 0 Å². The number of hydrogen-bond acceptors (Lipinski definition) is 5. The molecule has 0 bridgehead atoms. The van der Waals surface area contributed by atoms with E-state index in [4.69, 9.17) is 5.73 Å². The van der Waals surface area contributed by atoms with Crippen LogP contribution in [0, 0.1) is 0 Å². The van der Waals surface area contributed by atoms with E-state index in [9.17, 15) is 0 Å². The maximum Gasteiger partial charge on any atom is 0.138 e. The van der Waals surface area contributed by atoms with E-state index < -0.39 is 0 Å². The van der Waals surface area contributed by atoms with Crippen LogP contribution in [0.2, 0.25) is 0 Å². The van der Waals surface area contributed by atoms with Crippen molar-refractivity contribution in [2.24, 2.45) is 5.73 Å². The van der Waals surface area contributed by atoms with Crippen LogP contribution in [0.25, 0.3) is 0 Å².